The first-order valence-electron chi connectivity index (χ1n) is 6.26. The van der Waals surface area contributed by atoms with Crippen LogP contribution in [0.25, 0.3) is 10.1 Å². The first-order valence-corrected chi connectivity index (χ1v) is 8.19. The topological polar surface area (TPSA) is 35.4 Å². The summed E-state index contributed by atoms with van der Waals surface area (Å²) < 4.78 is 17.4. The van der Waals surface area contributed by atoms with Crippen molar-refractivity contribution in [1.29, 1.82) is 0 Å². The van der Waals surface area contributed by atoms with Gasteiger partial charge in [0.2, 0.25) is 0 Å². The maximum absolute atomic E-state index is 12.1. The van der Waals surface area contributed by atoms with E-state index < -0.39 is 11.4 Å². The van der Waals surface area contributed by atoms with E-state index in [4.69, 9.17) is 0 Å². The second-order valence-corrected chi connectivity index (χ2v) is 8.55. The van der Waals surface area contributed by atoms with Crippen LogP contribution < -0.4 is 0 Å². The summed E-state index contributed by atoms with van der Waals surface area (Å²) in [7, 11) is 0. The summed E-state index contributed by atoms with van der Waals surface area (Å²) in [6, 6.07) is 8.33. The quantitative estimate of drug-likeness (QED) is 0.594. The fourth-order valence-electron chi connectivity index (χ4n) is 1.82. The molecule has 0 aliphatic carbocycles. The predicted molar refractivity (Wildman–Crippen MR) is 86.7 cm³/mol. The van der Waals surface area contributed by atoms with Crippen molar-refractivity contribution in [3.05, 3.63) is 34.7 Å². The van der Waals surface area contributed by atoms with Crippen molar-refractivity contribution in [2.75, 3.05) is 0 Å². The Bertz CT molecular complexity index is 623. The van der Waals surface area contributed by atoms with Gasteiger partial charge in [-0.2, -0.15) is 0 Å². The lowest BCUT2D eigenvalue weighted by Crippen LogP contribution is -2.26. The zero-order chi connectivity index (χ0) is 14.2. The smallest absolute Gasteiger partial charge is 0.144 e. The van der Waals surface area contributed by atoms with E-state index in [2.05, 4.69) is 23.5 Å². The molecule has 2 aromatic rings. The molecule has 0 aliphatic rings. The Labute approximate surface area is 121 Å². The molecule has 1 aromatic heterocycles. The van der Waals surface area contributed by atoms with Crippen molar-refractivity contribution < 1.29 is 4.55 Å². The van der Waals surface area contributed by atoms with Crippen molar-refractivity contribution >= 4 is 38.5 Å². The predicted octanol–water partition coefficient (Wildman–Crippen LogP) is 4.48. The molecule has 0 radical (unpaired) electrons. The molecule has 0 aliphatic heterocycles. The van der Waals surface area contributed by atoms with Crippen LogP contribution in [0.5, 0.6) is 0 Å². The Morgan fingerprint density at radius 3 is 2.47 bits per heavy atom. The summed E-state index contributed by atoms with van der Waals surface area (Å²) in [6.07, 6.45) is 0. The van der Waals surface area contributed by atoms with Gasteiger partial charge < -0.3 is 4.55 Å². The highest BCUT2D eigenvalue weighted by Gasteiger charge is 2.27. The Balaban J connectivity index is 2.44. The third-order valence-electron chi connectivity index (χ3n) is 2.92. The van der Waals surface area contributed by atoms with Gasteiger partial charge in [0.25, 0.3) is 0 Å². The molecular formula is C15H19NOS2. The van der Waals surface area contributed by atoms with Gasteiger partial charge in [-0.15, -0.1) is 11.3 Å². The summed E-state index contributed by atoms with van der Waals surface area (Å²) in [5, 5.41) is 1.26. The number of thiophene rings is 1. The van der Waals surface area contributed by atoms with E-state index in [1.54, 1.807) is 11.3 Å². The summed E-state index contributed by atoms with van der Waals surface area (Å²) in [6.45, 7) is 9.88. The SMILES string of the molecule is C/C(=N\[S@+]([O-])C(C)(C)C)c1sc2ccccc2c1C. The van der Waals surface area contributed by atoms with Gasteiger partial charge in [0.15, 0.2) is 0 Å². The minimum Gasteiger partial charge on any atom is -0.591 e. The van der Waals surface area contributed by atoms with E-state index in [1.807, 2.05) is 39.8 Å². The van der Waals surface area contributed by atoms with Crippen LogP contribution in [0.1, 0.15) is 38.1 Å². The number of fused-ring (bicyclic) bond motifs is 1. The Hall–Kier alpha value is -0.840. The number of hydrogen-bond donors (Lipinski definition) is 0. The Morgan fingerprint density at radius 2 is 1.89 bits per heavy atom. The highest BCUT2D eigenvalue weighted by molar-refractivity contribution is 7.91. The van der Waals surface area contributed by atoms with Crippen LogP contribution in [-0.2, 0) is 11.4 Å². The molecule has 0 unspecified atom stereocenters. The lowest BCUT2D eigenvalue weighted by molar-refractivity contribution is 0.561. The third-order valence-corrected chi connectivity index (χ3v) is 5.79. The van der Waals surface area contributed by atoms with Crippen LogP contribution in [-0.4, -0.2) is 15.0 Å². The van der Waals surface area contributed by atoms with Crippen LogP contribution in [0.4, 0.5) is 0 Å². The molecule has 2 rings (SSSR count). The van der Waals surface area contributed by atoms with Gasteiger partial charge in [-0.05, 0) is 51.6 Å². The lowest BCUT2D eigenvalue weighted by Gasteiger charge is -2.18. The van der Waals surface area contributed by atoms with E-state index in [0.717, 1.165) is 10.6 Å². The van der Waals surface area contributed by atoms with Gasteiger partial charge in [-0.25, -0.2) is 0 Å². The third kappa shape index (κ3) is 3.02. The van der Waals surface area contributed by atoms with Crippen molar-refractivity contribution in [3.8, 4) is 0 Å². The standard InChI is InChI=1S/C15H19NOS2/c1-10-12-8-6-7-9-13(12)18-14(10)11(2)16-19(17)15(3,4)5/h6-9H,1-5H3/b16-11+/t19-/m1/s1. The molecule has 0 saturated heterocycles. The van der Waals surface area contributed by atoms with Crippen molar-refractivity contribution in [2.24, 2.45) is 4.40 Å². The summed E-state index contributed by atoms with van der Waals surface area (Å²) >= 11 is 0.516. The molecule has 19 heavy (non-hydrogen) atoms. The highest BCUT2D eigenvalue weighted by Crippen LogP contribution is 2.31. The minimum atomic E-state index is -1.20. The maximum atomic E-state index is 12.1. The molecular weight excluding hydrogens is 274 g/mol. The van der Waals surface area contributed by atoms with Gasteiger partial charge in [0.05, 0.1) is 4.88 Å². The average molecular weight is 293 g/mol. The zero-order valence-electron chi connectivity index (χ0n) is 12.0. The van der Waals surface area contributed by atoms with Crippen molar-refractivity contribution in [1.82, 2.24) is 0 Å². The van der Waals surface area contributed by atoms with Crippen LogP contribution >= 0.6 is 11.3 Å². The molecule has 0 fully saturated rings. The largest absolute Gasteiger partial charge is 0.591 e. The molecule has 102 valence electrons. The number of hydrogen-bond acceptors (Lipinski definition) is 3. The minimum absolute atomic E-state index is 0.314. The fourth-order valence-corrected chi connectivity index (χ4v) is 3.65. The second-order valence-electron chi connectivity index (χ2n) is 5.59. The number of aryl methyl sites for hydroxylation is 1. The zero-order valence-corrected chi connectivity index (χ0v) is 13.6. The van der Waals surface area contributed by atoms with Crippen LogP contribution in [0.15, 0.2) is 28.7 Å². The lowest BCUT2D eigenvalue weighted by atomic mass is 10.1. The molecule has 1 heterocycles. The highest BCUT2D eigenvalue weighted by atomic mass is 32.2. The maximum Gasteiger partial charge on any atom is 0.144 e. The average Bonchev–Trinajstić information content (AvgIpc) is 2.66. The molecule has 4 heteroatoms. The molecule has 0 bridgehead atoms. The normalized spacial score (nSPS) is 14.9. The van der Waals surface area contributed by atoms with Crippen molar-refractivity contribution in [3.63, 3.8) is 0 Å². The van der Waals surface area contributed by atoms with Gasteiger partial charge in [0, 0.05) is 4.70 Å². The van der Waals surface area contributed by atoms with E-state index in [-0.39, 0.29) is 4.75 Å². The van der Waals surface area contributed by atoms with E-state index in [1.165, 1.54) is 15.6 Å². The number of benzene rings is 1. The Kier molecular flexibility index (Phi) is 4.04. The second kappa shape index (κ2) is 5.27. The van der Waals surface area contributed by atoms with Gasteiger partial charge >= 0.3 is 0 Å². The van der Waals surface area contributed by atoms with E-state index in [0.29, 0.717) is 0 Å². The molecule has 0 amide bonds. The van der Waals surface area contributed by atoms with E-state index in [9.17, 15) is 4.55 Å². The van der Waals surface area contributed by atoms with Gasteiger partial charge in [-0.1, -0.05) is 22.6 Å². The first kappa shape index (κ1) is 14.6. The first-order chi connectivity index (χ1) is 8.80. The van der Waals surface area contributed by atoms with Crippen LogP contribution in [0.3, 0.4) is 0 Å². The van der Waals surface area contributed by atoms with Crippen LogP contribution in [0.2, 0.25) is 0 Å². The molecule has 1 aromatic carbocycles. The Morgan fingerprint density at radius 1 is 1.26 bits per heavy atom. The number of rotatable bonds is 2. The van der Waals surface area contributed by atoms with Gasteiger partial charge in [0.1, 0.15) is 21.8 Å². The molecule has 2 nitrogen and oxygen atoms in total. The fraction of sp³-hybridized carbons (Fsp3) is 0.400. The molecule has 0 spiro atoms. The molecule has 1 atom stereocenters. The number of nitrogens with zero attached hydrogens (tertiary/aromatic N) is 1. The summed E-state index contributed by atoms with van der Waals surface area (Å²) in [5.41, 5.74) is 2.10. The van der Waals surface area contributed by atoms with Crippen LogP contribution in [0, 0.1) is 6.92 Å². The van der Waals surface area contributed by atoms with E-state index >= 15 is 0 Å². The van der Waals surface area contributed by atoms with Gasteiger partial charge in [-0.3, -0.25) is 0 Å². The van der Waals surface area contributed by atoms with Crippen molar-refractivity contribution in [2.45, 2.75) is 39.4 Å². The monoisotopic (exact) mass is 293 g/mol. The molecule has 0 saturated carbocycles. The summed E-state index contributed by atoms with van der Waals surface area (Å²) in [5.74, 6) is 0. The summed E-state index contributed by atoms with van der Waals surface area (Å²) in [4.78, 5) is 1.14. The molecule has 0 N–H and O–H groups in total.